The summed E-state index contributed by atoms with van der Waals surface area (Å²) in [6.45, 7) is 14.8. The summed E-state index contributed by atoms with van der Waals surface area (Å²) in [5, 5.41) is 9.78. The summed E-state index contributed by atoms with van der Waals surface area (Å²) in [6.07, 6.45) is -0.351. The first kappa shape index (κ1) is 14.9. The van der Waals surface area contributed by atoms with Gasteiger partial charge in [-0.25, -0.2) is 0 Å². The topological polar surface area (TPSA) is 35.9 Å². The van der Waals surface area contributed by atoms with Gasteiger partial charge in [0.1, 0.15) is 0 Å². The molecular weight excluding hydrogens is 216 g/mol. The zero-order valence-electron chi connectivity index (χ0n) is 11.8. The molecule has 1 atom stereocenters. The predicted molar refractivity (Wildman–Crippen MR) is 70.3 cm³/mol. The molecule has 0 spiro atoms. The molecule has 4 nitrogen and oxygen atoms in total. The third-order valence-electron chi connectivity index (χ3n) is 3.30. The van der Waals surface area contributed by atoms with Crippen LogP contribution in [0.2, 0.25) is 0 Å². The molecule has 1 aliphatic heterocycles. The normalized spacial score (nSPS) is 21.7. The molecule has 102 valence electrons. The van der Waals surface area contributed by atoms with E-state index in [0.29, 0.717) is 13.2 Å². The van der Waals surface area contributed by atoms with Crippen LogP contribution in [0.1, 0.15) is 27.7 Å². The van der Waals surface area contributed by atoms with Crippen LogP contribution in [0.15, 0.2) is 0 Å². The smallest absolute Gasteiger partial charge is 0.0900 e. The fourth-order valence-electron chi connectivity index (χ4n) is 2.21. The molecular formula is C13H28N2O2. The van der Waals surface area contributed by atoms with E-state index in [1.165, 1.54) is 0 Å². The Balaban J connectivity index is 2.23. The number of aliphatic hydroxyl groups excluding tert-OH is 1. The summed E-state index contributed by atoms with van der Waals surface area (Å²) in [4.78, 5) is 4.82. The molecule has 0 aromatic carbocycles. The Kier molecular flexibility index (Phi) is 5.86. The number of ether oxygens (including phenoxy) is 1. The number of rotatable bonds is 5. The fraction of sp³-hybridized carbons (Fsp3) is 1.00. The Hall–Kier alpha value is -0.160. The molecule has 0 saturated carbocycles. The van der Waals surface area contributed by atoms with Gasteiger partial charge in [0.05, 0.1) is 12.7 Å². The van der Waals surface area contributed by atoms with E-state index in [1.807, 2.05) is 6.92 Å². The van der Waals surface area contributed by atoms with Gasteiger partial charge >= 0.3 is 0 Å². The van der Waals surface area contributed by atoms with Gasteiger partial charge in [-0.3, -0.25) is 9.80 Å². The van der Waals surface area contributed by atoms with E-state index in [-0.39, 0.29) is 11.6 Å². The maximum Gasteiger partial charge on any atom is 0.0900 e. The largest absolute Gasteiger partial charge is 0.389 e. The molecule has 0 aromatic heterocycles. The van der Waals surface area contributed by atoms with Gasteiger partial charge < -0.3 is 9.84 Å². The Bertz CT molecular complexity index is 208. The van der Waals surface area contributed by atoms with Crippen LogP contribution in [-0.4, -0.2) is 72.5 Å². The Morgan fingerprint density at radius 3 is 2.24 bits per heavy atom. The minimum Gasteiger partial charge on any atom is -0.389 e. The van der Waals surface area contributed by atoms with Crippen LogP contribution in [0.5, 0.6) is 0 Å². The average Bonchev–Trinajstić information content (AvgIpc) is 2.26. The Labute approximate surface area is 106 Å². The Morgan fingerprint density at radius 1 is 1.18 bits per heavy atom. The SMILES string of the molecule is CCOC[C@@H](O)CN1CCN(C(C)(C)C)CC1. The molecule has 1 saturated heterocycles. The molecule has 0 radical (unpaired) electrons. The van der Waals surface area contributed by atoms with Crippen molar-refractivity contribution >= 4 is 0 Å². The van der Waals surface area contributed by atoms with Gasteiger partial charge in [0.2, 0.25) is 0 Å². The second-order valence-corrected chi connectivity index (χ2v) is 5.77. The van der Waals surface area contributed by atoms with E-state index >= 15 is 0 Å². The van der Waals surface area contributed by atoms with Crippen molar-refractivity contribution < 1.29 is 9.84 Å². The van der Waals surface area contributed by atoms with Crippen molar-refractivity contribution in [3.63, 3.8) is 0 Å². The number of hydrogen-bond donors (Lipinski definition) is 1. The lowest BCUT2D eigenvalue weighted by molar-refractivity contribution is 0.000315. The van der Waals surface area contributed by atoms with E-state index in [1.54, 1.807) is 0 Å². The summed E-state index contributed by atoms with van der Waals surface area (Å²) in [5.41, 5.74) is 0.260. The lowest BCUT2D eigenvalue weighted by Gasteiger charge is -2.42. The maximum atomic E-state index is 9.78. The molecule has 0 aliphatic carbocycles. The van der Waals surface area contributed by atoms with Crippen molar-refractivity contribution in [2.45, 2.75) is 39.3 Å². The number of nitrogens with zero attached hydrogens (tertiary/aromatic N) is 2. The van der Waals surface area contributed by atoms with E-state index in [9.17, 15) is 5.11 Å². The number of β-amino-alcohol motifs (C(OH)–C–C–N with tert-alkyl or cyclic N) is 1. The summed E-state index contributed by atoms with van der Waals surface area (Å²) >= 11 is 0. The van der Waals surface area contributed by atoms with Crippen LogP contribution in [0.25, 0.3) is 0 Å². The average molecular weight is 244 g/mol. The van der Waals surface area contributed by atoms with E-state index in [0.717, 1.165) is 32.7 Å². The zero-order chi connectivity index (χ0) is 12.9. The lowest BCUT2D eigenvalue weighted by Crippen LogP contribution is -2.54. The molecule has 0 bridgehead atoms. The lowest BCUT2D eigenvalue weighted by atomic mass is 10.0. The van der Waals surface area contributed by atoms with Gasteiger partial charge in [-0.2, -0.15) is 0 Å². The fourth-order valence-corrected chi connectivity index (χ4v) is 2.21. The van der Waals surface area contributed by atoms with Crippen LogP contribution in [0.4, 0.5) is 0 Å². The molecule has 0 amide bonds. The van der Waals surface area contributed by atoms with Gasteiger partial charge in [0, 0.05) is 44.9 Å². The number of piperazine rings is 1. The van der Waals surface area contributed by atoms with Gasteiger partial charge in [0.15, 0.2) is 0 Å². The molecule has 1 rings (SSSR count). The second kappa shape index (κ2) is 6.69. The summed E-state index contributed by atoms with van der Waals surface area (Å²) in [6, 6.07) is 0. The van der Waals surface area contributed by atoms with Gasteiger partial charge in [-0.1, -0.05) is 0 Å². The quantitative estimate of drug-likeness (QED) is 0.776. The van der Waals surface area contributed by atoms with Crippen LogP contribution < -0.4 is 0 Å². The third-order valence-corrected chi connectivity index (χ3v) is 3.30. The molecule has 0 aromatic rings. The highest BCUT2D eigenvalue weighted by molar-refractivity contribution is 4.82. The van der Waals surface area contributed by atoms with E-state index in [4.69, 9.17) is 4.74 Å². The highest BCUT2D eigenvalue weighted by atomic mass is 16.5. The second-order valence-electron chi connectivity index (χ2n) is 5.77. The third kappa shape index (κ3) is 5.34. The summed E-state index contributed by atoms with van der Waals surface area (Å²) in [5.74, 6) is 0. The molecule has 1 heterocycles. The van der Waals surface area contributed by atoms with Crippen molar-refractivity contribution in [2.24, 2.45) is 0 Å². The first-order chi connectivity index (χ1) is 7.93. The number of aliphatic hydroxyl groups is 1. The van der Waals surface area contributed by atoms with Gasteiger partial charge in [-0.15, -0.1) is 0 Å². The Morgan fingerprint density at radius 2 is 1.76 bits per heavy atom. The first-order valence-electron chi connectivity index (χ1n) is 6.66. The highest BCUT2D eigenvalue weighted by Crippen LogP contribution is 2.15. The highest BCUT2D eigenvalue weighted by Gasteiger charge is 2.26. The van der Waals surface area contributed by atoms with Crippen molar-refractivity contribution in [3.8, 4) is 0 Å². The predicted octanol–water partition coefficient (Wildman–Crippen LogP) is 0.800. The van der Waals surface area contributed by atoms with Crippen LogP contribution >= 0.6 is 0 Å². The van der Waals surface area contributed by atoms with Crippen LogP contribution in [0, 0.1) is 0 Å². The number of hydrogen-bond acceptors (Lipinski definition) is 4. The van der Waals surface area contributed by atoms with Crippen molar-refractivity contribution in [3.05, 3.63) is 0 Å². The monoisotopic (exact) mass is 244 g/mol. The van der Waals surface area contributed by atoms with Crippen molar-refractivity contribution in [1.29, 1.82) is 0 Å². The summed E-state index contributed by atoms with van der Waals surface area (Å²) in [7, 11) is 0. The zero-order valence-corrected chi connectivity index (χ0v) is 11.8. The molecule has 4 heteroatoms. The van der Waals surface area contributed by atoms with Crippen molar-refractivity contribution in [1.82, 2.24) is 9.80 Å². The molecule has 17 heavy (non-hydrogen) atoms. The summed E-state index contributed by atoms with van der Waals surface area (Å²) < 4.78 is 5.23. The molecule has 1 aliphatic rings. The standard InChI is InChI=1S/C13H28N2O2/c1-5-17-11-12(16)10-14-6-8-15(9-7-14)13(2,3)4/h12,16H,5-11H2,1-4H3/t12-/m0/s1. The van der Waals surface area contributed by atoms with E-state index < -0.39 is 0 Å². The van der Waals surface area contributed by atoms with Crippen LogP contribution in [-0.2, 0) is 4.74 Å². The van der Waals surface area contributed by atoms with Crippen LogP contribution in [0.3, 0.4) is 0 Å². The molecule has 1 N–H and O–H groups in total. The van der Waals surface area contributed by atoms with Gasteiger partial charge in [0.25, 0.3) is 0 Å². The van der Waals surface area contributed by atoms with E-state index in [2.05, 4.69) is 30.6 Å². The maximum absolute atomic E-state index is 9.78. The minimum absolute atomic E-state index is 0.260. The molecule has 0 unspecified atom stereocenters. The minimum atomic E-state index is -0.351. The molecule has 1 fully saturated rings. The first-order valence-corrected chi connectivity index (χ1v) is 6.66. The van der Waals surface area contributed by atoms with Gasteiger partial charge in [-0.05, 0) is 27.7 Å². The van der Waals surface area contributed by atoms with Crippen molar-refractivity contribution in [2.75, 3.05) is 45.9 Å².